The van der Waals surface area contributed by atoms with E-state index < -0.39 is 0 Å². The van der Waals surface area contributed by atoms with Crippen LogP contribution in [0.5, 0.6) is 5.88 Å². The number of carbonyl (C=O) groups is 1. The Bertz CT molecular complexity index is 735. The van der Waals surface area contributed by atoms with Crippen LogP contribution >= 0.6 is 11.8 Å². The molecule has 3 aliphatic heterocycles. The van der Waals surface area contributed by atoms with Gasteiger partial charge in [0, 0.05) is 29.1 Å². The number of methoxy groups -OCH3 is 1. The van der Waals surface area contributed by atoms with Crippen molar-refractivity contribution in [1.29, 1.82) is 0 Å². The van der Waals surface area contributed by atoms with Crippen molar-refractivity contribution in [3.8, 4) is 5.88 Å². The summed E-state index contributed by atoms with van der Waals surface area (Å²) in [4.78, 5) is 19.3. The number of piperidine rings is 3. The Morgan fingerprint density at radius 2 is 1.96 bits per heavy atom. The molecule has 25 heavy (non-hydrogen) atoms. The van der Waals surface area contributed by atoms with Crippen LogP contribution < -0.4 is 10.1 Å². The van der Waals surface area contributed by atoms with Crippen molar-refractivity contribution in [2.24, 2.45) is 5.92 Å². The zero-order valence-electron chi connectivity index (χ0n) is 14.3. The lowest BCUT2D eigenvalue weighted by atomic mass is 9.84. The first-order valence-corrected chi connectivity index (χ1v) is 9.57. The number of carbonyl (C=O) groups excluding carboxylic acids is 1. The maximum absolute atomic E-state index is 12.5. The van der Waals surface area contributed by atoms with E-state index in [0.29, 0.717) is 12.0 Å². The fourth-order valence-electron chi connectivity index (χ4n) is 3.72. The van der Waals surface area contributed by atoms with Gasteiger partial charge in [-0.2, -0.15) is 0 Å². The Morgan fingerprint density at radius 3 is 2.56 bits per heavy atom. The number of aromatic amines is 1. The molecule has 0 aliphatic carbocycles. The lowest BCUT2D eigenvalue weighted by Gasteiger charge is -2.44. The minimum atomic E-state index is 0.0387. The molecule has 0 spiro atoms. The first-order valence-electron chi connectivity index (χ1n) is 8.75. The quantitative estimate of drug-likeness (QED) is 0.864. The van der Waals surface area contributed by atoms with Gasteiger partial charge in [0.1, 0.15) is 0 Å². The molecule has 1 aromatic heterocycles. The standard InChI is InChI=1S/C19H23N3O2S/c1-24-17-6-7-18(21-17)25-15-4-2-14(3-5-15)19(23)20-16-12-22-10-8-13(16)9-11-22/h2-7,13,16,21H,8-12H2,1H3,(H,20,23)/t16-/m0/s1. The summed E-state index contributed by atoms with van der Waals surface area (Å²) in [7, 11) is 1.64. The molecule has 6 heteroatoms. The van der Waals surface area contributed by atoms with Crippen molar-refractivity contribution < 1.29 is 9.53 Å². The number of amides is 1. The van der Waals surface area contributed by atoms with Gasteiger partial charge < -0.3 is 19.9 Å². The number of nitrogens with zero attached hydrogens (tertiary/aromatic N) is 1. The smallest absolute Gasteiger partial charge is 0.251 e. The summed E-state index contributed by atoms with van der Waals surface area (Å²) in [6.45, 7) is 3.37. The summed E-state index contributed by atoms with van der Waals surface area (Å²) in [6, 6.07) is 12.0. The van der Waals surface area contributed by atoms with Crippen LogP contribution in [0.1, 0.15) is 23.2 Å². The van der Waals surface area contributed by atoms with E-state index in [0.717, 1.165) is 27.9 Å². The Morgan fingerprint density at radius 1 is 1.20 bits per heavy atom. The number of ether oxygens (including phenoxy) is 1. The minimum Gasteiger partial charge on any atom is -0.482 e. The number of aromatic nitrogens is 1. The van der Waals surface area contributed by atoms with Gasteiger partial charge in [-0.3, -0.25) is 4.79 Å². The van der Waals surface area contributed by atoms with Crippen LogP contribution in [0.25, 0.3) is 0 Å². The number of rotatable bonds is 5. The lowest BCUT2D eigenvalue weighted by Crippen LogP contribution is -2.57. The summed E-state index contributed by atoms with van der Waals surface area (Å²) < 4.78 is 5.15. The van der Waals surface area contributed by atoms with Gasteiger partial charge in [-0.15, -0.1) is 0 Å². The third kappa shape index (κ3) is 3.70. The molecule has 3 saturated heterocycles. The predicted octanol–water partition coefficient (Wildman–Crippen LogP) is 3.00. The molecule has 1 atom stereocenters. The van der Waals surface area contributed by atoms with Crippen LogP contribution in [0.15, 0.2) is 46.3 Å². The molecule has 0 unspecified atom stereocenters. The van der Waals surface area contributed by atoms with Gasteiger partial charge in [0.25, 0.3) is 5.91 Å². The van der Waals surface area contributed by atoms with Gasteiger partial charge in [-0.25, -0.2) is 0 Å². The Kier molecular flexibility index (Phi) is 4.72. The maximum Gasteiger partial charge on any atom is 0.251 e. The highest BCUT2D eigenvalue weighted by molar-refractivity contribution is 7.99. The molecule has 5 nitrogen and oxygen atoms in total. The highest BCUT2D eigenvalue weighted by Crippen LogP contribution is 2.29. The third-order valence-corrected chi connectivity index (χ3v) is 6.14. The van der Waals surface area contributed by atoms with Gasteiger partial charge >= 0.3 is 0 Å². The molecular formula is C19H23N3O2S. The predicted molar refractivity (Wildman–Crippen MR) is 98.3 cm³/mol. The lowest BCUT2D eigenvalue weighted by molar-refractivity contribution is 0.0620. The number of nitrogens with one attached hydrogen (secondary N) is 2. The van der Waals surface area contributed by atoms with E-state index in [9.17, 15) is 4.79 Å². The molecule has 3 fully saturated rings. The molecule has 132 valence electrons. The molecule has 1 aromatic carbocycles. The van der Waals surface area contributed by atoms with Crippen LogP contribution in [-0.2, 0) is 0 Å². The van der Waals surface area contributed by atoms with Crippen molar-refractivity contribution in [1.82, 2.24) is 15.2 Å². The van der Waals surface area contributed by atoms with Crippen molar-refractivity contribution in [2.45, 2.75) is 28.8 Å². The monoisotopic (exact) mass is 357 g/mol. The minimum absolute atomic E-state index is 0.0387. The Labute approximate surface area is 152 Å². The van der Waals surface area contributed by atoms with E-state index >= 15 is 0 Å². The number of benzene rings is 1. The molecule has 2 N–H and O–H groups in total. The first-order chi connectivity index (χ1) is 12.2. The number of hydrogen-bond donors (Lipinski definition) is 2. The highest BCUT2D eigenvalue weighted by Gasteiger charge is 2.34. The summed E-state index contributed by atoms with van der Waals surface area (Å²) in [6.07, 6.45) is 2.42. The summed E-state index contributed by atoms with van der Waals surface area (Å²) in [5.41, 5.74) is 0.727. The van der Waals surface area contributed by atoms with Gasteiger partial charge in [-0.1, -0.05) is 11.8 Å². The molecule has 5 rings (SSSR count). The second kappa shape index (κ2) is 7.14. The average molecular weight is 357 g/mol. The van der Waals surface area contributed by atoms with E-state index in [2.05, 4.69) is 15.2 Å². The third-order valence-electron chi connectivity index (χ3n) is 5.17. The van der Waals surface area contributed by atoms with Crippen molar-refractivity contribution in [3.63, 3.8) is 0 Å². The Balaban J connectivity index is 1.37. The van der Waals surface area contributed by atoms with Crippen molar-refractivity contribution in [2.75, 3.05) is 26.7 Å². The fourth-order valence-corrected chi connectivity index (χ4v) is 4.53. The zero-order chi connectivity index (χ0) is 17.2. The van der Waals surface area contributed by atoms with E-state index in [1.807, 2.05) is 36.4 Å². The average Bonchev–Trinajstić information content (AvgIpc) is 3.11. The van der Waals surface area contributed by atoms with E-state index in [4.69, 9.17) is 4.74 Å². The van der Waals surface area contributed by atoms with Gasteiger partial charge in [0.15, 0.2) is 5.88 Å². The molecule has 0 saturated carbocycles. The number of hydrogen-bond acceptors (Lipinski definition) is 4. The van der Waals surface area contributed by atoms with Crippen LogP contribution in [0.3, 0.4) is 0 Å². The van der Waals surface area contributed by atoms with Crippen molar-refractivity contribution >= 4 is 17.7 Å². The molecule has 4 heterocycles. The molecule has 1 amide bonds. The van der Waals surface area contributed by atoms with E-state index in [1.165, 1.54) is 25.9 Å². The van der Waals surface area contributed by atoms with Gasteiger partial charge in [-0.05, 0) is 62.2 Å². The van der Waals surface area contributed by atoms with Gasteiger partial charge in [0.05, 0.1) is 12.1 Å². The van der Waals surface area contributed by atoms with Crippen LogP contribution in [0.2, 0.25) is 0 Å². The summed E-state index contributed by atoms with van der Waals surface area (Å²) in [5, 5.41) is 4.25. The van der Waals surface area contributed by atoms with Crippen LogP contribution in [0.4, 0.5) is 0 Å². The fraction of sp³-hybridized carbons (Fsp3) is 0.421. The zero-order valence-corrected chi connectivity index (χ0v) is 15.1. The van der Waals surface area contributed by atoms with Gasteiger partial charge in [0.2, 0.25) is 0 Å². The van der Waals surface area contributed by atoms with Crippen molar-refractivity contribution in [3.05, 3.63) is 42.0 Å². The molecular weight excluding hydrogens is 334 g/mol. The Hall–Kier alpha value is -1.92. The summed E-state index contributed by atoms with van der Waals surface area (Å²) in [5.74, 6) is 1.43. The van der Waals surface area contributed by atoms with E-state index in [-0.39, 0.29) is 5.91 Å². The van der Waals surface area contributed by atoms with Crippen LogP contribution in [0, 0.1) is 5.92 Å². The molecule has 2 aromatic rings. The largest absolute Gasteiger partial charge is 0.482 e. The van der Waals surface area contributed by atoms with Crippen LogP contribution in [-0.4, -0.2) is 48.6 Å². The SMILES string of the molecule is COc1ccc(Sc2ccc(C(=O)N[C@H]3CN4CCC3CC4)cc2)[nH]1. The number of H-pyrrole nitrogens is 1. The second-order valence-corrected chi connectivity index (χ2v) is 7.85. The summed E-state index contributed by atoms with van der Waals surface area (Å²) >= 11 is 1.62. The molecule has 3 aliphatic rings. The molecule has 0 radical (unpaired) electrons. The first kappa shape index (κ1) is 16.5. The molecule has 2 bridgehead atoms. The topological polar surface area (TPSA) is 57.4 Å². The normalized spacial score (nSPS) is 24.9. The van der Waals surface area contributed by atoms with E-state index in [1.54, 1.807) is 18.9 Å². The maximum atomic E-state index is 12.5. The second-order valence-electron chi connectivity index (χ2n) is 6.74. The highest BCUT2D eigenvalue weighted by atomic mass is 32.2. The number of fused-ring (bicyclic) bond motifs is 3.